The summed E-state index contributed by atoms with van der Waals surface area (Å²) in [5.74, 6) is 0. The first-order valence-corrected chi connectivity index (χ1v) is 6.42. The summed E-state index contributed by atoms with van der Waals surface area (Å²) in [6, 6.07) is 17.9. The van der Waals surface area contributed by atoms with E-state index in [1.165, 1.54) is 0 Å². The molecule has 2 aromatic carbocycles. The maximum atomic E-state index is 11.2. The van der Waals surface area contributed by atoms with E-state index in [9.17, 15) is 4.79 Å². The van der Waals surface area contributed by atoms with E-state index in [1.54, 1.807) is 0 Å². The maximum Gasteiger partial charge on any atom is 0.153 e. The van der Waals surface area contributed by atoms with Gasteiger partial charge in [-0.1, -0.05) is 36.4 Å². The van der Waals surface area contributed by atoms with Crippen LogP contribution < -0.4 is 0 Å². The number of carbonyl (C=O) groups is 1. The number of halogens is 1. The molecule has 0 aliphatic carbocycles. The molecule has 0 aliphatic heterocycles. The van der Waals surface area contributed by atoms with Gasteiger partial charge in [0.05, 0.1) is 11.1 Å². The van der Waals surface area contributed by atoms with Crippen LogP contribution in [0.15, 0.2) is 59.2 Å². The van der Waals surface area contributed by atoms with Crippen molar-refractivity contribution in [2.75, 3.05) is 0 Å². The fraction of sp³-hybridized carbons (Fsp3) is 0. The number of nitrogens with zero attached hydrogens (tertiary/aromatic N) is 1. The Morgan fingerprint density at radius 3 is 2.33 bits per heavy atom. The highest BCUT2D eigenvalue weighted by Crippen LogP contribution is 2.31. The number of rotatable bonds is 2. The van der Waals surface area contributed by atoms with Crippen molar-refractivity contribution in [3.63, 3.8) is 0 Å². The molecule has 1 heterocycles. The topological polar surface area (TPSA) is 22.0 Å². The van der Waals surface area contributed by atoms with Gasteiger partial charge >= 0.3 is 0 Å². The predicted molar refractivity (Wildman–Crippen MR) is 76.4 cm³/mol. The number of hydrogen-bond acceptors (Lipinski definition) is 1. The van der Waals surface area contributed by atoms with Crippen LogP contribution in [0, 0.1) is 0 Å². The van der Waals surface area contributed by atoms with Crippen molar-refractivity contribution in [2.45, 2.75) is 0 Å². The molecule has 0 radical (unpaired) electrons. The van der Waals surface area contributed by atoms with Crippen LogP contribution in [-0.4, -0.2) is 10.9 Å². The van der Waals surface area contributed by atoms with Gasteiger partial charge in [0.1, 0.15) is 4.60 Å². The third-order valence-electron chi connectivity index (χ3n) is 2.99. The third kappa shape index (κ3) is 1.59. The summed E-state index contributed by atoms with van der Waals surface area (Å²) in [5, 5.41) is 0.961. The van der Waals surface area contributed by atoms with Crippen molar-refractivity contribution in [1.29, 1.82) is 0 Å². The lowest BCUT2D eigenvalue weighted by Crippen LogP contribution is -1.93. The lowest BCUT2D eigenvalue weighted by Gasteiger charge is -2.06. The quantitative estimate of drug-likeness (QED) is 0.650. The molecule has 0 N–H and O–H groups in total. The SMILES string of the molecule is O=Cc1c(Br)n(-c2ccccc2)c2ccccc12. The molecule has 0 fully saturated rings. The van der Waals surface area contributed by atoms with Crippen LogP contribution in [0.3, 0.4) is 0 Å². The van der Waals surface area contributed by atoms with Crippen LogP contribution in [0.4, 0.5) is 0 Å². The van der Waals surface area contributed by atoms with Gasteiger partial charge in [-0.3, -0.25) is 4.79 Å². The summed E-state index contributed by atoms with van der Waals surface area (Å²) in [5.41, 5.74) is 2.75. The molecule has 0 unspecified atom stereocenters. The molecule has 88 valence electrons. The standard InChI is InChI=1S/C15H10BrNO/c16-15-13(10-18)12-8-4-5-9-14(12)17(15)11-6-2-1-3-7-11/h1-10H. The molecule has 0 bridgehead atoms. The molecule has 0 atom stereocenters. The second-order valence-corrected chi connectivity index (χ2v) is 4.76. The van der Waals surface area contributed by atoms with Gasteiger partial charge in [-0.05, 0) is 34.1 Å². The lowest BCUT2D eigenvalue weighted by molar-refractivity contribution is 0.112. The molecule has 0 spiro atoms. The van der Waals surface area contributed by atoms with Crippen molar-refractivity contribution in [3.05, 3.63) is 64.8 Å². The van der Waals surface area contributed by atoms with Gasteiger partial charge in [-0.15, -0.1) is 0 Å². The Balaban J connectivity index is 2.43. The second-order valence-electron chi connectivity index (χ2n) is 4.01. The highest BCUT2D eigenvalue weighted by molar-refractivity contribution is 9.10. The molecule has 3 heteroatoms. The molecular formula is C15H10BrNO. The van der Waals surface area contributed by atoms with Gasteiger partial charge in [0.2, 0.25) is 0 Å². The van der Waals surface area contributed by atoms with Crippen LogP contribution in [-0.2, 0) is 0 Å². The summed E-state index contributed by atoms with van der Waals surface area (Å²) in [4.78, 5) is 11.2. The molecule has 1 aromatic heterocycles. The summed E-state index contributed by atoms with van der Waals surface area (Å²) in [6.45, 7) is 0. The van der Waals surface area contributed by atoms with Gasteiger partial charge < -0.3 is 4.57 Å². The Morgan fingerprint density at radius 2 is 1.61 bits per heavy atom. The van der Waals surface area contributed by atoms with Gasteiger partial charge in [0, 0.05) is 11.1 Å². The molecule has 0 saturated heterocycles. The lowest BCUT2D eigenvalue weighted by atomic mass is 10.2. The zero-order chi connectivity index (χ0) is 12.5. The number of aldehydes is 1. The van der Waals surface area contributed by atoms with E-state index in [0.717, 1.165) is 27.5 Å². The normalized spacial score (nSPS) is 10.7. The Hall–Kier alpha value is -1.87. The molecule has 3 aromatic rings. The smallest absolute Gasteiger partial charge is 0.153 e. The van der Waals surface area contributed by atoms with E-state index in [4.69, 9.17) is 0 Å². The van der Waals surface area contributed by atoms with Gasteiger partial charge in [0.25, 0.3) is 0 Å². The number of hydrogen-bond donors (Lipinski definition) is 0. The van der Waals surface area contributed by atoms with E-state index >= 15 is 0 Å². The summed E-state index contributed by atoms with van der Waals surface area (Å²) in [6.07, 6.45) is 0.895. The minimum atomic E-state index is 0.689. The highest BCUT2D eigenvalue weighted by atomic mass is 79.9. The average Bonchev–Trinajstić information content (AvgIpc) is 2.71. The first-order chi connectivity index (χ1) is 8.83. The minimum Gasteiger partial charge on any atom is -0.303 e. The largest absolute Gasteiger partial charge is 0.303 e. The van der Waals surface area contributed by atoms with Crippen LogP contribution >= 0.6 is 15.9 Å². The highest BCUT2D eigenvalue weighted by Gasteiger charge is 2.14. The summed E-state index contributed by atoms with van der Waals surface area (Å²) < 4.78 is 2.84. The minimum absolute atomic E-state index is 0.689. The Morgan fingerprint density at radius 1 is 0.944 bits per heavy atom. The Bertz CT molecular complexity index is 716. The molecule has 0 aliphatic rings. The number of fused-ring (bicyclic) bond motifs is 1. The monoisotopic (exact) mass is 299 g/mol. The number of benzene rings is 2. The first-order valence-electron chi connectivity index (χ1n) is 5.62. The van der Waals surface area contributed by atoms with E-state index < -0.39 is 0 Å². The molecule has 0 saturated carbocycles. The maximum absolute atomic E-state index is 11.2. The zero-order valence-electron chi connectivity index (χ0n) is 9.51. The van der Waals surface area contributed by atoms with Crippen molar-refractivity contribution < 1.29 is 4.79 Å². The number of carbonyl (C=O) groups excluding carboxylic acids is 1. The summed E-state index contributed by atoms with van der Waals surface area (Å²) in [7, 11) is 0. The fourth-order valence-electron chi connectivity index (χ4n) is 2.18. The third-order valence-corrected chi connectivity index (χ3v) is 3.77. The van der Waals surface area contributed by atoms with Crippen molar-refractivity contribution >= 4 is 33.1 Å². The number of para-hydroxylation sites is 2. The van der Waals surface area contributed by atoms with E-state index in [2.05, 4.69) is 15.9 Å². The summed E-state index contributed by atoms with van der Waals surface area (Å²) >= 11 is 3.52. The van der Waals surface area contributed by atoms with Crippen LogP contribution in [0.2, 0.25) is 0 Å². The predicted octanol–water partition coefficient (Wildman–Crippen LogP) is 4.21. The van der Waals surface area contributed by atoms with Crippen LogP contribution in [0.5, 0.6) is 0 Å². The van der Waals surface area contributed by atoms with Crippen molar-refractivity contribution in [2.24, 2.45) is 0 Å². The van der Waals surface area contributed by atoms with E-state index in [-0.39, 0.29) is 0 Å². The molecule has 3 rings (SSSR count). The van der Waals surface area contributed by atoms with E-state index in [0.29, 0.717) is 5.56 Å². The van der Waals surface area contributed by atoms with Gasteiger partial charge in [-0.25, -0.2) is 0 Å². The first kappa shape index (κ1) is 11.2. The van der Waals surface area contributed by atoms with Crippen molar-refractivity contribution in [1.82, 2.24) is 4.57 Å². The second kappa shape index (κ2) is 4.42. The molecule has 0 amide bonds. The average molecular weight is 300 g/mol. The van der Waals surface area contributed by atoms with Gasteiger partial charge in [0.15, 0.2) is 6.29 Å². The van der Waals surface area contributed by atoms with Gasteiger partial charge in [-0.2, -0.15) is 0 Å². The van der Waals surface area contributed by atoms with Crippen LogP contribution in [0.1, 0.15) is 10.4 Å². The van der Waals surface area contributed by atoms with Crippen molar-refractivity contribution in [3.8, 4) is 5.69 Å². The van der Waals surface area contributed by atoms with E-state index in [1.807, 2.05) is 59.2 Å². The molecule has 18 heavy (non-hydrogen) atoms. The zero-order valence-corrected chi connectivity index (χ0v) is 11.1. The van der Waals surface area contributed by atoms with Crippen LogP contribution in [0.25, 0.3) is 16.6 Å². The molecular weight excluding hydrogens is 290 g/mol. The Kier molecular flexibility index (Phi) is 2.76. The molecule has 2 nitrogen and oxygen atoms in total. The Labute approximate surface area is 113 Å². The fourth-order valence-corrected chi connectivity index (χ4v) is 2.88. The number of aromatic nitrogens is 1.